The predicted octanol–water partition coefficient (Wildman–Crippen LogP) is 2.32. The molecule has 4 nitrogen and oxygen atoms in total. The van der Waals surface area contributed by atoms with Crippen molar-refractivity contribution in [3.63, 3.8) is 0 Å². The van der Waals surface area contributed by atoms with Gasteiger partial charge in [-0.1, -0.05) is 13.0 Å². The van der Waals surface area contributed by atoms with Gasteiger partial charge in [-0.25, -0.2) is 0 Å². The van der Waals surface area contributed by atoms with E-state index < -0.39 is 0 Å². The Kier molecular flexibility index (Phi) is 5.48. The van der Waals surface area contributed by atoms with Crippen LogP contribution in [0.25, 0.3) is 0 Å². The van der Waals surface area contributed by atoms with Gasteiger partial charge in [0.1, 0.15) is 0 Å². The van der Waals surface area contributed by atoms with E-state index in [1.807, 2.05) is 6.07 Å². The molecule has 118 valence electrons. The standard InChI is InChI=1S/C17H28N2O2/c1-5-17(2)13-19(11-9-18-17)10-8-14-6-7-15(20-3)16(12-14)21-4/h6-7,12,18H,5,8-11,13H2,1-4H3. The molecule has 1 N–H and O–H groups in total. The van der Waals surface area contributed by atoms with Crippen LogP contribution in [0.4, 0.5) is 0 Å². The van der Waals surface area contributed by atoms with E-state index in [0.717, 1.165) is 44.1 Å². The molecule has 1 saturated heterocycles. The van der Waals surface area contributed by atoms with Gasteiger partial charge in [-0.15, -0.1) is 0 Å². The third kappa shape index (κ3) is 4.11. The number of nitrogens with one attached hydrogen (secondary N) is 1. The molecule has 1 unspecified atom stereocenters. The van der Waals surface area contributed by atoms with E-state index in [-0.39, 0.29) is 5.54 Å². The van der Waals surface area contributed by atoms with Gasteiger partial charge >= 0.3 is 0 Å². The van der Waals surface area contributed by atoms with Crippen LogP contribution < -0.4 is 14.8 Å². The number of hydrogen-bond donors (Lipinski definition) is 1. The maximum atomic E-state index is 5.37. The first-order valence-electron chi connectivity index (χ1n) is 7.78. The predicted molar refractivity (Wildman–Crippen MR) is 86.4 cm³/mol. The van der Waals surface area contributed by atoms with E-state index in [0.29, 0.717) is 0 Å². The van der Waals surface area contributed by atoms with Gasteiger partial charge in [0.2, 0.25) is 0 Å². The molecule has 0 radical (unpaired) electrons. The van der Waals surface area contributed by atoms with Crippen molar-refractivity contribution >= 4 is 0 Å². The maximum absolute atomic E-state index is 5.37. The number of methoxy groups -OCH3 is 2. The first kappa shape index (κ1) is 16.1. The topological polar surface area (TPSA) is 33.7 Å². The molecule has 0 aliphatic carbocycles. The largest absolute Gasteiger partial charge is 0.493 e. The molecule has 21 heavy (non-hydrogen) atoms. The van der Waals surface area contributed by atoms with Crippen LogP contribution in [0.15, 0.2) is 18.2 Å². The minimum Gasteiger partial charge on any atom is -0.493 e. The summed E-state index contributed by atoms with van der Waals surface area (Å²) < 4.78 is 10.7. The molecule has 0 spiro atoms. The molecule has 1 aromatic rings. The summed E-state index contributed by atoms with van der Waals surface area (Å²) in [5, 5.41) is 3.63. The summed E-state index contributed by atoms with van der Waals surface area (Å²) in [4.78, 5) is 2.55. The second-order valence-electron chi connectivity index (χ2n) is 6.06. The molecule has 1 aromatic carbocycles. The van der Waals surface area contributed by atoms with Crippen molar-refractivity contribution in [2.75, 3.05) is 40.4 Å². The zero-order chi connectivity index (χ0) is 15.3. The smallest absolute Gasteiger partial charge is 0.160 e. The molecule has 1 aliphatic heterocycles. The van der Waals surface area contributed by atoms with Gasteiger partial charge in [-0.3, -0.25) is 4.90 Å². The summed E-state index contributed by atoms with van der Waals surface area (Å²) >= 11 is 0. The Morgan fingerprint density at radius 1 is 1.24 bits per heavy atom. The summed E-state index contributed by atoms with van der Waals surface area (Å²) in [5.41, 5.74) is 1.56. The number of benzene rings is 1. The number of nitrogens with zero attached hydrogens (tertiary/aromatic N) is 1. The molecule has 0 amide bonds. The number of piperazine rings is 1. The lowest BCUT2D eigenvalue weighted by molar-refractivity contribution is 0.141. The summed E-state index contributed by atoms with van der Waals surface area (Å²) in [5.74, 6) is 1.61. The van der Waals surface area contributed by atoms with Gasteiger partial charge < -0.3 is 14.8 Å². The fourth-order valence-corrected chi connectivity index (χ4v) is 2.90. The summed E-state index contributed by atoms with van der Waals surface area (Å²) in [6.07, 6.45) is 2.21. The highest BCUT2D eigenvalue weighted by atomic mass is 16.5. The van der Waals surface area contributed by atoms with Crippen LogP contribution in [0.2, 0.25) is 0 Å². The lowest BCUT2D eigenvalue weighted by Crippen LogP contribution is -2.58. The van der Waals surface area contributed by atoms with Crippen LogP contribution in [-0.4, -0.2) is 50.8 Å². The second kappa shape index (κ2) is 7.14. The van der Waals surface area contributed by atoms with Gasteiger partial charge in [0.15, 0.2) is 11.5 Å². The first-order chi connectivity index (χ1) is 10.1. The van der Waals surface area contributed by atoms with E-state index in [9.17, 15) is 0 Å². The Morgan fingerprint density at radius 3 is 2.67 bits per heavy atom. The van der Waals surface area contributed by atoms with Crippen molar-refractivity contribution in [2.45, 2.75) is 32.2 Å². The van der Waals surface area contributed by atoms with E-state index in [1.54, 1.807) is 14.2 Å². The molecular formula is C17H28N2O2. The van der Waals surface area contributed by atoms with Gasteiger partial charge in [-0.2, -0.15) is 0 Å². The lowest BCUT2D eigenvalue weighted by atomic mass is 9.95. The van der Waals surface area contributed by atoms with Crippen LogP contribution in [0, 0.1) is 0 Å². The molecule has 2 rings (SSSR count). The molecule has 0 aromatic heterocycles. The molecule has 0 saturated carbocycles. The lowest BCUT2D eigenvalue weighted by Gasteiger charge is -2.41. The third-order valence-corrected chi connectivity index (χ3v) is 4.50. The second-order valence-corrected chi connectivity index (χ2v) is 6.06. The zero-order valence-corrected chi connectivity index (χ0v) is 13.7. The van der Waals surface area contributed by atoms with Crippen molar-refractivity contribution in [1.29, 1.82) is 0 Å². The Labute approximate surface area is 128 Å². The Balaban J connectivity index is 1.93. The third-order valence-electron chi connectivity index (χ3n) is 4.50. The number of hydrogen-bond acceptors (Lipinski definition) is 4. The van der Waals surface area contributed by atoms with E-state index in [4.69, 9.17) is 9.47 Å². The average molecular weight is 292 g/mol. The van der Waals surface area contributed by atoms with Crippen molar-refractivity contribution in [3.05, 3.63) is 23.8 Å². The maximum Gasteiger partial charge on any atom is 0.160 e. The Bertz CT molecular complexity index is 464. The van der Waals surface area contributed by atoms with Gasteiger partial charge in [0.05, 0.1) is 14.2 Å². The highest BCUT2D eigenvalue weighted by Gasteiger charge is 2.28. The van der Waals surface area contributed by atoms with Crippen molar-refractivity contribution in [3.8, 4) is 11.5 Å². The monoisotopic (exact) mass is 292 g/mol. The Hall–Kier alpha value is -1.26. The first-order valence-corrected chi connectivity index (χ1v) is 7.78. The number of ether oxygens (including phenoxy) is 2. The minimum atomic E-state index is 0.260. The molecule has 1 heterocycles. The number of rotatable bonds is 6. The van der Waals surface area contributed by atoms with E-state index >= 15 is 0 Å². The summed E-state index contributed by atoms with van der Waals surface area (Å²) in [7, 11) is 3.36. The highest BCUT2D eigenvalue weighted by molar-refractivity contribution is 5.42. The minimum absolute atomic E-state index is 0.260. The zero-order valence-electron chi connectivity index (χ0n) is 13.7. The quantitative estimate of drug-likeness (QED) is 0.872. The van der Waals surface area contributed by atoms with Crippen LogP contribution >= 0.6 is 0 Å². The highest BCUT2D eigenvalue weighted by Crippen LogP contribution is 2.27. The summed E-state index contributed by atoms with van der Waals surface area (Å²) in [6.45, 7) is 8.99. The van der Waals surface area contributed by atoms with Crippen molar-refractivity contribution in [1.82, 2.24) is 10.2 Å². The molecule has 1 atom stereocenters. The van der Waals surface area contributed by atoms with E-state index in [1.165, 1.54) is 12.0 Å². The molecule has 1 fully saturated rings. The fraction of sp³-hybridized carbons (Fsp3) is 0.647. The average Bonchev–Trinajstić information content (AvgIpc) is 2.52. The molecule has 4 heteroatoms. The van der Waals surface area contributed by atoms with Gasteiger partial charge in [0.25, 0.3) is 0 Å². The van der Waals surface area contributed by atoms with E-state index in [2.05, 4.69) is 36.2 Å². The van der Waals surface area contributed by atoms with Crippen LogP contribution in [-0.2, 0) is 6.42 Å². The van der Waals surface area contributed by atoms with Crippen LogP contribution in [0.1, 0.15) is 25.8 Å². The molecule has 1 aliphatic rings. The van der Waals surface area contributed by atoms with Gasteiger partial charge in [0, 0.05) is 31.7 Å². The Morgan fingerprint density at radius 2 is 2.00 bits per heavy atom. The fourth-order valence-electron chi connectivity index (χ4n) is 2.90. The van der Waals surface area contributed by atoms with Gasteiger partial charge in [-0.05, 0) is 37.5 Å². The van der Waals surface area contributed by atoms with Crippen LogP contribution in [0.3, 0.4) is 0 Å². The summed E-state index contributed by atoms with van der Waals surface area (Å²) in [6, 6.07) is 6.20. The normalized spacial score (nSPS) is 23.0. The molecule has 0 bridgehead atoms. The van der Waals surface area contributed by atoms with Crippen molar-refractivity contribution in [2.24, 2.45) is 0 Å². The van der Waals surface area contributed by atoms with Crippen molar-refractivity contribution < 1.29 is 9.47 Å². The van der Waals surface area contributed by atoms with Crippen LogP contribution in [0.5, 0.6) is 11.5 Å². The molecular weight excluding hydrogens is 264 g/mol. The SMILES string of the molecule is CCC1(C)CN(CCc2ccc(OC)c(OC)c2)CCN1.